The normalized spacial score (nSPS) is 19.4. The summed E-state index contributed by atoms with van der Waals surface area (Å²) in [7, 11) is 1.48. The van der Waals surface area contributed by atoms with Gasteiger partial charge in [-0.15, -0.1) is 0 Å². The Hall–Kier alpha value is -1.94. The summed E-state index contributed by atoms with van der Waals surface area (Å²) in [6, 6.07) is 8.69. The Bertz CT molecular complexity index is 479. The second kappa shape index (κ2) is 4.51. The molecule has 0 fully saturated rings. The largest absolute Gasteiger partial charge is 0.357 e. The fourth-order valence-corrected chi connectivity index (χ4v) is 1.87. The molecule has 1 atom stereocenters. The molecule has 0 bridgehead atoms. The van der Waals surface area contributed by atoms with Crippen LogP contribution in [0.5, 0.6) is 0 Å². The SMILES string of the molecule is COC1C(C)=CC(=O)N1C(=O)c1ccccc1. The van der Waals surface area contributed by atoms with Crippen LogP contribution >= 0.6 is 0 Å². The maximum Gasteiger partial charge on any atom is 0.263 e. The van der Waals surface area contributed by atoms with Gasteiger partial charge in [-0.05, 0) is 24.6 Å². The van der Waals surface area contributed by atoms with E-state index in [1.54, 1.807) is 31.2 Å². The van der Waals surface area contributed by atoms with Gasteiger partial charge >= 0.3 is 0 Å². The van der Waals surface area contributed by atoms with E-state index in [0.29, 0.717) is 5.56 Å². The molecule has 0 N–H and O–H groups in total. The van der Waals surface area contributed by atoms with Crippen molar-refractivity contribution in [2.75, 3.05) is 7.11 Å². The van der Waals surface area contributed by atoms with Crippen molar-refractivity contribution in [1.29, 1.82) is 0 Å². The number of imide groups is 1. The summed E-state index contributed by atoms with van der Waals surface area (Å²) in [6.07, 6.45) is 0.838. The van der Waals surface area contributed by atoms with Gasteiger partial charge in [0.2, 0.25) is 0 Å². The van der Waals surface area contributed by atoms with Crippen LogP contribution in [0.1, 0.15) is 17.3 Å². The molecule has 4 heteroatoms. The van der Waals surface area contributed by atoms with Gasteiger partial charge in [-0.1, -0.05) is 18.2 Å². The minimum absolute atomic E-state index is 0.330. The molecule has 17 heavy (non-hydrogen) atoms. The van der Waals surface area contributed by atoms with Gasteiger partial charge in [0.05, 0.1) is 0 Å². The zero-order valence-corrected chi connectivity index (χ0v) is 9.71. The van der Waals surface area contributed by atoms with Crippen molar-refractivity contribution in [2.24, 2.45) is 0 Å². The van der Waals surface area contributed by atoms with Crippen LogP contribution in [0.25, 0.3) is 0 Å². The van der Waals surface area contributed by atoms with Crippen molar-refractivity contribution in [3.05, 3.63) is 47.5 Å². The van der Waals surface area contributed by atoms with Crippen molar-refractivity contribution in [2.45, 2.75) is 13.2 Å². The van der Waals surface area contributed by atoms with Crippen LogP contribution in [0, 0.1) is 0 Å². The molecular formula is C13H13NO3. The summed E-state index contributed by atoms with van der Waals surface area (Å²) in [6.45, 7) is 1.77. The molecule has 1 heterocycles. The van der Waals surface area contributed by atoms with Crippen LogP contribution in [-0.4, -0.2) is 30.1 Å². The number of rotatable bonds is 2. The van der Waals surface area contributed by atoms with Crippen molar-refractivity contribution < 1.29 is 14.3 Å². The van der Waals surface area contributed by atoms with E-state index >= 15 is 0 Å². The first-order chi connectivity index (χ1) is 8.15. The van der Waals surface area contributed by atoms with Crippen LogP contribution in [-0.2, 0) is 9.53 Å². The predicted octanol–water partition coefficient (Wildman–Crippen LogP) is 1.59. The van der Waals surface area contributed by atoms with Gasteiger partial charge in [0, 0.05) is 18.7 Å². The lowest BCUT2D eigenvalue weighted by Crippen LogP contribution is -2.41. The standard InChI is InChI=1S/C13H13NO3/c1-9-8-11(15)14(13(9)17-2)12(16)10-6-4-3-5-7-10/h3-8,13H,1-2H3. The third kappa shape index (κ3) is 1.99. The molecular weight excluding hydrogens is 218 g/mol. The van der Waals surface area contributed by atoms with Crippen molar-refractivity contribution in [3.8, 4) is 0 Å². The highest BCUT2D eigenvalue weighted by molar-refractivity contribution is 6.10. The Morgan fingerprint density at radius 2 is 1.94 bits per heavy atom. The van der Waals surface area contributed by atoms with E-state index in [-0.39, 0.29) is 11.8 Å². The van der Waals surface area contributed by atoms with E-state index in [1.165, 1.54) is 13.2 Å². The predicted molar refractivity (Wildman–Crippen MR) is 62.2 cm³/mol. The minimum atomic E-state index is -0.588. The van der Waals surface area contributed by atoms with Gasteiger partial charge in [-0.25, -0.2) is 4.90 Å². The summed E-state index contributed by atoms with van der Waals surface area (Å²) < 4.78 is 5.17. The summed E-state index contributed by atoms with van der Waals surface area (Å²) >= 11 is 0. The van der Waals surface area contributed by atoms with Crippen molar-refractivity contribution in [1.82, 2.24) is 4.90 Å². The molecule has 2 amide bonds. The third-order valence-corrected chi connectivity index (χ3v) is 2.68. The van der Waals surface area contributed by atoms with Gasteiger partial charge < -0.3 is 4.74 Å². The summed E-state index contributed by atoms with van der Waals surface area (Å²) in [5.41, 5.74) is 1.22. The summed E-state index contributed by atoms with van der Waals surface area (Å²) in [4.78, 5) is 25.0. The van der Waals surface area contributed by atoms with E-state index in [9.17, 15) is 9.59 Å². The molecule has 1 aliphatic rings. The Kier molecular flexibility index (Phi) is 3.06. The van der Waals surface area contributed by atoms with Crippen LogP contribution in [0.15, 0.2) is 42.0 Å². The number of benzene rings is 1. The molecule has 4 nitrogen and oxygen atoms in total. The smallest absolute Gasteiger partial charge is 0.263 e. The fourth-order valence-electron chi connectivity index (χ4n) is 1.87. The third-order valence-electron chi connectivity index (χ3n) is 2.68. The number of ether oxygens (including phenoxy) is 1. The molecule has 88 valence electrons. The molecule has 1 aliphatic heterocycles. The Balaban J connectivity index is 2.30. The number of carbonyl (C=O) groups excluding carboxylic acids is 2. The van der Waals surface area contributed by atoms with Crippen LogP contribution in [0.2, 0.25) is 0 Å². The summed E-state index contributed by atoms with van der Waals surface area (Å²) in [5.74, 6) is -0.668. The Labute approximate surface area is 99.5 Å². The molecule has 1 aromatic carbocycles. The van der Waals surface area contributed by atoms with Crippen LogP contribution in [0.3, 0.4) is 0 Å². The van der Waals surface area contributed by atoms with Gasteiger partial charge in [-0.2, -0.15) is 0 Å². The quantitative estimate of drug-likeness (QED) is 0.726. The zero-order valence-electron chi connectivity index (χ0n) is 9.71. The van der Waals surface area contributed by atoms with Gasteiger partial charge in [0.15, 0.2) is 6.23 Å². The second-order valence-electron chi connectivity index (χ2n) is 3.86. The molecule has 0 spiro atoms. The molecule has 0 saturated carbocycles. The monoisotopic (exact) mass is 231 g/mol. The molecule has 0 aliphatic carbocycles. The first-order valence-corrected chi connectivity index (χ1v) is 5.28. The molecule has 0 saturated heterocycles. The molecule has 0 aromatic heterocycles. The number of nitrogens with zero attached hydrogens (tertiary/aromatic N) is 1. The first kappa shape index (κ1) is 11.5. The van der Waals surface area contributed by atoms with E-state index in [4.69, 9.17) is 4.74 Å². The van der Waals surface area contributed by atoms with E-state index in [0.717, 1.165) is 10.5 Å². The lowest BCUT2D eigenvalue weighted by molar-refractivity contribution is -0.128. The first-order valence-electron chi connectivity index (χ1n) is 5.28. The van der Waals surface area contributed by atoms with Crippen molar-refractivity contribution >= 4 is 11.8 Å². The highest BCUT2D eigenvalue weighted by Gasteiger charge is 2.35. The Morgan fingerprint density at radius 1 is 1.29 bits per heavy atom. The number of carbonyl (C=O) groups is 2. The molecule has 1 unspecified atom stereocenters. The lowest BCUT2D eigenvalue weighted by atomic mass is 10.2. The molecule has 2 rings (SSSR count). The van der Waals surface area contributed by atoms with Crippen molar-refractivity contribution in [3.63, 3.8) is 0 Å². The number of methoxy groups -OCH3 is 1. The number of amides is 2. The maximum absolute atomic E-state index is 12.2. The van der Waals surface area contributed by atoms with E-state index < -0.39 is 6.23 Å². The average molecular weight is 231 g/mol. The topological polar surface area (TPSA) is 46.6 Å². The van der Waals surface area contributed by atoms with Gasteiger partial charge in [0.1, 0.15) is 0 Å². The minimum Gasteiger partial charge on any atom is -0.357 e. The highest BCUT2D eigenvalue weighted by Crippen LogP contribution is 2.22. The second-order valence-corrected chi connectivity index (χ2v) is 3.86. The molecule has 0 radical (unpaired) electrons. The van der Waals surface area contributed by atoms with E-state index in [2.05, 4.69) is 0 Å². The summed E-state index contributed by atoms with van der Waals surface area (Å²) in [5, 5.41) is 0. The number of hydrogen-bond donors (Lipinski definition) is 0. The van der Waals surface area contributed by atoms with E-state index in [1.807, 2.05) is 6.07 Å². The fraction of sp³-hybridized carbons (Fsp3) is 0.231. The van der Waals surface area contributed by atoms with Crippen LogP contribution in [0.4, 0.5) is 0 Å². The average Bonchev–Trinajstić information content (AvgIpc) is 2.63. The Morgan fingerprint density at radius 3 is 2.53 bits per heavy atom. The van der Waals surface area contributed by atoms with Gasteiger partial charge in [-0.3, -0.25) is 9.59 Å². The maximum atomic E-state index is 12.2. The number of hydrogen-bond acceptors (Lipinski definition) is 3. The lowest BCUT2D eigenvalue weighted by Gasteiger charge is -2.23. The van der Waals surface area contributed by atoms with Crippen LogP contribution < -0.4 is 0 Å². The highest BCUT2D eigenvalue weighted by atomic mass is 16.5. The zero-order chi connectivity index (χ0) is 12.4. The van der Waals surface area contributed by atoms with Gasteiger partial charge in [0.25, 0.3) is 11.8 Å². The molecule has 1 aromatic rings.